The van der Waals surface area contributed by atoms with E-state index in [-0.39, 0.29) is 5.91 Å². The standard InChI is InChI=1S/C25H24N2O4S/c1-30-20-14-19(15-21(16-20)31-2)26-23(13-17-7-5-4-6-8-17)24(28)27(25(26)29)18-9-11-22(32-3)12-10-18/h4-12,14-16,23H,13H2,1-3H3/t23-/m0/s1. The van der Waals surface area contributed by atoms with Gasteiger partial charge in [0.15, 0.2) is 0 Å². The van der Waals surface area contributed by atoms with E-state index in [4.69, 9.17) is 9.47 Å². The summed E-state index contributed by atoms with van der Waals surface area (Å²) >= 11 is 1.60. The number of anilines is 2. The highest BCUT2D eigenvalue weighted by molar-refractivity contribution is 7.98. The van der Waals surface area contributed by atoms with Crippen molar-refractivity contribution in [3.8, 4) is 11.5 Å². The van der Waals surface area contributed by atoms with Crippen molar-refractivity contribution in [3.63, 3.8) is 0 Å². The lowest BCUT2D eigenvalue weighted by Crippen LogP contribution is -2.36. The fraction of sp³-hybridized carbons (Fsp3) is 0.200. The quantitative estimate of drug-likeness (QED) is 0.376. The summed E-state index contributed by atoms with van der Waals surface area (Å²) in [5, 5.41) is 0. The average molecular weight is 449 g/mol. The van der Waals surface area contributed by atoms with E-state index in [2.05, 4.69) is 0 Å². The van der Waals surface area contributed by atoms with Gasteiger partial charge in [-0.25, -0.2) is 9.69 Å². The first-order chi connectivity index (χ1) is 15.5. The number of thioether (sulfide) groups is 1. The highest BCUT2D eigenvalue weighted by Gasteiger charge is 2.46. The van der Waals surface area contributed by atoms with Crippen LogP contribution in [-0.2, 0) is 11.2 Å². The van der Waals surface area contributed by atoms with E-state index >= 15 is 0 Å². The number of hydrogen-bond acceptors (Lipinski definition) is 5. The lowest BCUT2D eigenvalue weighted by molar-refractivity contribution is -0.117. The Kier molecular flexibility index (Phi) is 6.37. The van der Waals surface area contributed by atoms with Crippen molar-refractivity contribution >= 4 is 35.1 Å². The molecular weight excluding hydrogens is 424 g/mol. The summed E-state index contributed by atoms with van der Waals surface area (Å²) in [6, 6.07) is 21.2. The Labute approximate surface area is 191 Å². The van der Waals surface area contributed by atoms with E-state index in [1.807, 2.05) is 48.7 Å². The van der Waals surface area contributed by atoms with Gasteiger partial charge in [0.25, 0.3) is 5.91 Å². The van der Waals surface area contributed by atoms with Crippen LogP contribution in [0.2, 0.25) is 0 Å². The Morgan fingerprint density at radius 3 is 2.03 bits per heavy atom. The third kappa shape index (κ3) is 4.16. The molecule has 0 radical (unpaired) electrons. The normalized spacial score (nSPS) is 15.9. The first-order valence-corrected chi connectivity index (χ1v) is 11.4. The van der Waals surface area contributed by atoms with Crippen LogP contribution in [0.15, 0.2) is 77.7 Å². The van der Waals surface area contributed by atoms with Crippen LogP contribution in [0.5, 0.6) is 11.5 Å². The molecule has 3 aromatic rings. The minimum Gasteiger partial charge on any atom is -0.497 e. The summed E-state index contributed by atoms with van der Waals surface area (Å²) in [6.45, 7) is 0. The van der Waals surface area contributed by atoms with Crippen LogP contribution in [0.3, 0.4) is 0 Å². The predicted octanol–water partition coefficient (Wildman–Crippen LogP) is 5.01. The van der Waals surface area contributed by atoms with Crippen molar-refractivity contribution in [2.24, 2.45) is 0 Å². The molecule has 164 valence electrons. The van der Waals surface area contributed by atoms with E-state index in [0.717, 1.165) is 10.5 Å². The van der Waals surface area contributed by atoms with Crippen LogP contribution in [0.25, 0.3) is 0 Å². The highest BCUT2D eigenvalue weighted by atomic mass is 32.2. The summed E-state index contributed by atoms with van der Waals surface area (Å²) in [4.78, 5) is 31.0. The fourth-order valence-electron chi connectivity index (χ4n) is 3.80. The number of methoxy groups -OCH3 is 2. The largest absolute Gasteiger partial charge is 0.497 e. The molecule has 7 heteroatoms. The number of benzene rings is 3. The van der Waals surface area contributed by atoms with Gasteiger partial charge < -0.3 is 9.47 Å². The SMILES string of the molecule is COc1cc(OC)cc(N2C(=O)N(c3ccc(SC)cc3)C(=O)[C@@H]2Cc2ccccc2)c1. The molecule has 0 aliphatic carbocycles. The number of hydrogen-bond donors (Lipinski definition) is 0. The Bertz CT molecular complexity index is 1100. The van der Waals surface area contributed by atoms with Gasteiger partial charge in [0.2, 0.25) is 0 Å². The molecule has 1 heterocycles. The molecule has 0 aromatic heterocycles. The van der Waals surface area contributed by atoms with E-state index in [1.165, 1.54) is 9.80 Å². The number of carbonyl (C=O) groups excluding carboxylic acids is 2. The van der Waals surface area contributed by atoms with Crippen molar-refractivity contribution in [2.45, 2.75) is 17.4 Å². The molecule has 3 aromatic carbocycles. The third-order valence-electron chi connectivity index (χ3n) is 5.43. The molecule has 1 aliphatic heterocycles. The molecule has 6 nitrogen and oxygen atoms in total. The lowest BCUT2D eigenvalue weighted by Gasteiger charge is -2.23. The highest BCUT2D eigenvalue weighted by Crippen LogP contribution is 2.36. The second-order valence-electron chi connectivity index (χ2n) is 7.30. The zero-order chi connectivity index (χ0) is 22.7. The van der Waals surface area contributed by atoms with Crippen LogP contribution in [-0.4, -0.2) is 38.5 Å². The van der Waals surface area contributed by atoms with Crippen molar-refractivity contribution < 1.29 is 19.1 Å². The zero-order valence-corrected chi connectivity index (χ0v) is 19.0. The number of urea groups is 1. The Hall–Kier alpha value is -3.45. The van der Waals surface area contributed by atoms with Crippen molar-refractivity contribution in [1.29, 1.82) is 0 Å². The monoisotopic (exact) mass is 448 g/mol. The summed E-state index contributed by atoms with van der Waals surface area (Å²) in [5.41, 5.74) is 2.06. The smallest absolute Gasteiger partial charge is 0.336 e. The first kappa shape index (κ1) is 21.8. The molecule has 0 bridgehead atoms. The van der Waals surface area contributed by atoms with Crippen LogP contribution >= 0.6 is 11.8 Å². The van der Waals surface area contributed by atoms with Gasteiger partial charge in [0.05, 0.1) is 25.6 Å². The van der Waals surface area contributed by atoms with E-state index < -0.39 is 12.1 Å². The Morgan fingerprint density at radius 1 is 0.844 bits per heavy atom. The molecule has 1 fully saturated rings. The van der Waals surface area contributed by atoms with Gasteiger partial charge in [-0.05, 0) is 36.1 Å². The summed E-state index contributed by atoms with van der Waals surface area (Å²) in [7, 11) is 3.10. The van der Waals surface area contributed by atoms with E-state index in [1.54, 1.807) is 56.3 Å². The number of rotatable bonds is 7. The predicted molar refractivity (Wildman–Crippen MR) is 127 cm³/mol. The van der Waals surface area contributed by atoms with Gasteiger partial charge in [-0.3, -0.25) is 9.69 Å². The summed E-state index contributed by atoms with van der Waals surface area (Å²) in [5.74, 6) is 0.819. The summed E-state index contributed by atoms with van der Waals surface area (Å²) < 4.78 is 10.8. The van der Waals surface area contributed by atoms with Crippen LogP contribution < -0.4 is 19.3 Å². The topological polar surface area (TPSA) is 59.1 Å². The number of imide groups is 1. The Balaban J connectivity index is 1.79. The lowest BCUT2D eigenvalue weighted by atomic mass is 10.0. The van der Waals surface area contributed by atoms with Gasteiger partial charge in [0.1, 0.15) is 17.5 Å². The molecule has 1 atom stereocenters. The molecule has 0 unspecified atom stereocenters. The molecule has 0 saturated carbocycles. The molecule has 1 aliphatic rings. The number of carbonyl (C=O) groups is 2. The number of ether oxygens (including phenoxy) is 2. The molecule has 32 heavy (non-hydrogen) atoms. The fourth-order valence-corrected chi connectivity index (χ4v) is 4.21. The number of amides is 3. The van der Waals surface area contributed by atoms with Gasteiger partial charge in [-0.1, -0.05) is 30.3 Å². The second-order valence-corrected chi connectivity index (χ2v) is 8.18. The first-order valence-electron chi connectivity index (χ1n) is 10.1. The van der Waals surface area contributed by atoms with Crippen molar-refractivity contribution in [2.75, 3.05) is 30.3 Å². The van der Waals surface area contributed by atoms with E-state index in [0.29, 0.717) is 29.3 Å². The van der Waals surface area contributed by atoms with Crippen molar-refractivity contribution in [1.82, 2.24) is 0 Å². The van der Waals surface area contributed by atoms with Crippen LogP contribution in [0, 0.1) is 0 Å². The minimum atomic E-state index is -0.693. The summed E-state index contributed by atoms with van der Waals surface area (Å²) in [6.07, 6.45) is 2.37. The van der Waals surface area contributed by atoms with Crippen LogP contribution in [0.1, 0.15) is 5.56 Å². The second kappa shape index (κ2) is 9.36. The van der Waals surface area contributed by atoms with Gasteiger partial charge >= 0.3 is 6.03 Å². The van der Waals surface area contributed by atoms with Crippen LogP contribution in [0.4, 0.5) is 16.2 Å². The molecular formula is C25H24N2O4S. The van der Waals surface area contributed by atoms with Gasteiger partial charge in [0, 0.05) is 29.5 Å². The maximum Gasteiger partial charge on any atom is 0.336 e. The Morgan fingerprint density at radius 2 is 1.47 bits per heavy atom. The number of nitrogens with zero attached hydrogens (tertiary/aromatic N) is 2. The average Bonchev–Trinajstić information content (AvgIpc) is 3.08. The maximum atomic E-state index is 13.6. The molecule has 0 N–H and O–H groups in total. The molecule has 3 amide bonds. The van der Waals surface area contributed by atoms with Gasteiger partial charge in [-0.2, -0.15) is 0 Å². The molecule has 4 rings (SSSR count). The maximum absolute atomic E-state index is 13.6. The molecule has 1 saturated heterocycles. The van der Waals surface area contributed by atoms with Gasteiger partial charge in [-0.15, -0.1) is 11.8 Å². The minimum absolute atomic E-state index is 0.266. The van der Waals surface area contributed by atoms with E-state index in [9.17, 15) is 9.59 Å². The third-order valence-corrected chi connectivity index (χ3v) is 6.17. The molecule has 0 spiro atoms. The van der Waals surface area contributed by atoms with Crippen molar-refractivity contribution in [3.05, 3.63) is 78.4 Å². The zero-order valence-electron chi connectivity index (χ0n) is 18.1.